The average molecular weight is 703 g/mol. The summed E-state index contributed by atoms with van der Waals surface area (Å²) in [5.41, 5.74) is -1.08. The molecule has 252 valence electrons. The second kappa shape index (κ2) is 13.6. The predicted molar refractivity (Wildman–Crippen MR) is 183 cm³/mol. The Morgan fingerprint density at radius 2 is 1.66 bits per heavy atom. The van der Waals surface area contributed by atoms with Crippen LogP contribution in [0.1, 0.15) is 71.8 Å². The summed E-state index contributed by atoms with van der Waals surface area (Å²) in [6.07, 6.45) is 2.03. The van der Waals surface area contributed by atoms with Crippen molar-refractivity contribution in [3.8, 4) is 0 Å². The summed E-state index contributed by atoms with van der Waals surface area (Å²) in [6.45, 7) is 11.0. The summed E-state index contributed by atoms with van der Waals surface area (Å²) >= 11 is 12.5. The third kappa shape index (κ3) is 6.38. The average Bonchev–Trinajstić information content (AvgIpc) is 3.29. The first-order chi connectivity index (χ1) is 22.2. The van der Waals surface area contributed by atoms with Crippen molar-refractivity contribution in [2.75, 3.05) is 20.3 Å². The number of amides is 1. The van der Waals surface area contributed by atoms with Gasteiger partial charge in [-0.2, -0.15) is 0 Å². The van der Waals surface area contributed by atoms with Crippen LogP contribution in [0.5, 0.6) is 0 Å². The lowest BCUT2D eigenvalue weighted by molar-refractivity contribution is -0.149. The van der Waals surface area contributed by atoms with Gasteiger partial charge in [-0.15, -0.1) is 0 Å². The molecule has 4 atom stereocenters. The Balaban J connectivity index is 1.82. The number of carboxylic acid groups (broad SMARTS) is 1. The van der Waals surface area contributed by atoms with E-state index in [1.165, 1.54) is 25.0 Å². The van der Waals surface area contributed by atoms with Crippen molar-refractivity contribution in [3.05, 3.63) is 104 Å². The summed E-state index contributed by atoms with van der Waals surface area (Å²) in [5, 5.41) is 11.2. The van der Waals surface area contributed by atoms with E-state index in [9.17, 15) is 14.7 Å². The van der Waals surface area contributed by atoms with Gasteiger partial charge in [-0.3, -0.25) is 14.5 Å². The highest BCUT2D eigenvalue weighted by molar-refractivity contribution is 6.69. The molecule has 0 radical (unpaired) electrons. The molecule has 1 fully saturated rings. The number of methoxy groups -OCH3 is 1. The monoisotopic (exact) mass is 701 g/mol. The number of hydrogen-bond donors (Lipinski definition) is 1. The third-order valence-corrected chi connectivity index (χ3v) is 11.0. The molecule has 2 aliphatic rings. The Bertz CT molecular complexity index is 1630. The highest BCUT2D eigenvalue weighted by Gasteiger charge is 2.58. The predicted octanol–water partition coefficient (Wildman–Crippen LogP) is 8.78. The van der Waals surface area contributed by atoms with Crippen molar-refractivity contribution in [2.24, 2.45) is 11.8 Å². The molecule has 1 saturated heterocycles. The van der Waals surface area contributed by atoms with Crippen molar-refractivity contribution in [3.63, 3.8) is 0 Å². The van der Waals surface area contributed by atoms with Crippen LogP contribution >= 0.6 is 23.2 Å². The minimum Gasteiger partial charge on any atom is -0.481 e. The number of fused-ring (bicyclic) bond motifs is 1. The largest absolute Gasteiger partial charge is 0.481 e. The van der Waals surface area contributed by atoms with Crippen LogP contribution in [0, 0.1) is 17.7 Å². The van der Waals surface area contributed by atoms with E-state index in [0.29, 0.717) is 46.4 Å². The van der Waals surface area contributed by atoms with Gasteiger partial charge in [0.1, 0.15) is 5.82 Å². The lowest BCUT2D eigenvalue weighted by Crippen LogP contribution is -2.51. The number of aliphatic carboxylic acids is 1. The molecule has 3 aromatic carbocycles. The second-order valence-electron chi connectivity index (χ2n) is 13.4. The van der Waals surface area contributed by atoms with E-state index >= 15 is 4.39 Å². The Hall–Kier alpha value is -2.79. The number of carboxylic acids is 1. The molecule has 5 rings (SSSR count). The van der Waals surface area contributed by atoms with Gasteiger partial charge in [-0.25, -0.2) is 4.39 Å². The summed E-state index contributed by atoms with van der Waals surface area (Å²) < 4.78 is 36.2. The number of halogens is 3. The van der Waals surface area contributed by atoms with Gasteiger partial charge < -0.3 is 19.0 Å². The highest BCUT2D eigenvalue weighted by atomic mass is 35.5. The molecule has 3 aromatic rings. The van der Waals surface area contributed by atoms with Crippen molar-refractivity contribution in [1.82, 2.24) is 4.90 Å². The topological polar surface area (TPSA) is 85.3 Å². The van der Waals surface area contributed by atoms with E-state index in [1.54, 1.807) is 54.6 Å². The van der Waals surface area contributed by atoms with E-state index < -0.39 is 49.3 Å². The molecule has 0 bridgehead atoms. The molecule has 1 N–H and O–H groups in total. The lowest BCUT2D eigenvalue weighted by Gasteiger charge is -2.46. The van der Waals surface area contributed by atoms with Crippen LogP contribution in [-0.4, -0.2) is 50.5 Å². The molecular weight excluding hydrogens is 660 g/mol. The summed E-state index contributed by atoms with van der Waals surface area (Å²) in [5.74, 6) is -3.42. The van der Waals surface area contributed by atoms with E-state index in [-0.39, 0.29) is 17.0 Å². The summed E-state index contributed by atoms with van der Waals surface area (Å²) in [4.78, 5) is 29.0. The van der Waals surface area contributed by atoms with Gasteiger partial charge in [-0.1, -0.05) is 54.4 Å². The van der Waals surface area contributed by atoms with Gasteiger partial charge in [0.05, 0.1) is 28.7 Å². The zero-order valence-corrected chi connectivity index (χ0v) is 30.1. The minimum atomic E-state index is -2.21. The number of carbonyl (C=O) groups excluding carboxylic acids is 1. The van der Waals surface area contributed by atoms with Gasteiger partial charge in [-0.05, 0) is 99.3 Å². The molecular formula is C36H42Cl2FNO6Si. The maximum absolute atomic E-state index is 17.2. The van der Waals surface area contributed by atoms with Gasteiger partial charge in [0.15, 0.2) is 14.0 Å². The fourth-order valence-corrected chi connectivity index (χ4v) is 9.24. The van der Waals surface area contributed by atoms with E-state index in [2.05, 4.69) is 19.6 Å². The van der Waals surface area contributed by atoms with Gasteiger partial charge >= 0.3 is 5.97 Å². The van der Waals surface area contributed by atoms with Crippen LogP contribution in [0.25, 0.3) is 0 Å². The van der Waals surface area contributed by atoms with E-state index in [4.69, 9.17) is 37.1 Å². The van der Waals surface area contributed by atoms with E-state index in [0.717, 1.165) is 12.8 Å². The maximum atomic E-state index is 17.2. The Morgan fingerprint density at radius 1 is 1.09 bits per heavy atom. The van der Waals surface area contributed by atoms with Crippen LogP contribution in [-0.2, 0) is 30.0 Å². The van der Waals surface area contributed by atoms with Crippen LogP contribution < -0.4 is 0 Å². The third-order valence-electron chi connectivity index (χ3n) is 9.48. The SMILES string of the molecule is CC[C@@](O[Si](C)(C)C)(c1cc(F)c2c(c1)C(=O)N([C@H](c1ccc(Cl)cc1)[C@H](C)C(=O)O)C2(OC)c1ccc(Cl)cc1)C1CCOCC1. The fraction of sp³-hybridized carbons (Fsp3) is 0.444. The molecule has 2 heterocycles. The summed E-state index contributed by atoms with van der Waals surface area (Å²) in [6, 6.07) is 15.4. The van der Waals surface area contributed by atoms with Crippen molar-refractivity contribution in [1.29, 1.82) is 0 Å². The Morgan fingerprint density at radius 3 is 2.17 bits per heavy atom. The molecule has 0 aliphatic carbocycles. The first-order valence-electron chi connectivity index (χ1n) is 16.0. The molecule has 1 unspecified atom stereocenters. The van der Waals surface area contributed by atoms with Crippen LogP contribution in [0.3, 0.4) is 0 Å². The first kappa shape index (κ1) is 35.5. The fourth-order valence-electron chi connectivity index (χ4n) is 7.47. The summed E-state index contributed by atoms with van der Waals surface area (Å²) in [7, 11) is -0.816. The van der Waals surface area contributed by atoms with Crippen LogP contribution in [0.4, 0.5) is 4.39 Å². The number of benzene rings is 3. The molecule has 0 saturated carbocycles. The first-order valence-corrected chi connectivity index (χ1v) is 20.1. The number of ether oxygens (including phenoxy) is 2. The standard InChI is InChI=1S/C36H42Cl2FNO6Si/c1-7-35(46-47(4,5)6,24-16-18-45-19-17-24)26-20-29-31(30(39)21-26)36(44-3,25-10-14-28(38)15-11-25)40(33(29)41)32(22(2)34(42)43)23-8-12-27(37)13-9-23/h8-15,20-22,24,32H,7,16-19H2,1-6H3,(H,42,43)/t22-,32-,35-,36?/m0/s1. The number of carbonyl (C=O) groups is 2. The van der Waals surface area contributed by atoms with Gasteiger partial charge in [0.2, 0.25) is 0 Å². The zero-order valence-electron chi connectivity index (χ0n) is 27.6. The highest BCUT2D eigenvalue weighted by Crippen LogP contribution is 2.54. The Labute approximate surface area is 287 Å². The normalized spacial score (nSPS) is 21.3. The van der Waals surface area contributed by atoms with Crippen molar-refractivity contribution < 1.29 is 33.0 Å². The minimum absolute atomic E-state index is 0.0117. The maximum Gasteiger partial charge on any atom is 0.308 e. The van der Waals surface area contributed by atoms with Crippen LogP contribution in [0.2, 0.25) is 29.7 Å². The van der Waals surface area contributed by atoms with Gasteiger partial charge in [0, 0.05) is 35.9 Å². The van der Waals surface area contributed by atoms with Crippen molar-refractivity contribution >= 4 is 43.4 Å². The molecule has 1 amide bonds. The molecule has 7 nitrogen and oxygen atoms in total. The number of nitrogens with zero attached hydrogens (tertiary/aromatic N) is 1. The van der Waals surface area contributed by atoms with E-state index in [1.807, 2.05) is 6.92 Å². The molecule has 0 aromatic heterocycles. The van der Waals surface area contributed by atoms with Gasteiger partial charge in [0.25, 0.3) is 5.91 Å². The van der Waals surface area contributed by atoms with Crippen molar-refractivity contribution in [2.45, 2.75) is 70.1 Å². The molecule has 11 heteroatoms. The quantitative estimate of drug-likeness (QED) is 0.201. The molecule has 47 heavy (non-hydrogen) atoms. The zero-order chi connectivity index (χ0) is 34.3. The second-order valence-corrected chi connectivity index (χ2v) is 18.7. The van der Waals surface area contributed by atoms with Crippen LogP contribution in [0.15, 0.2) is 60.7 Å². The number of hydrogen-bond acceptors (Lipinski definition) is 5. The molecule has 0 spiro atoms. The molecule has 2 aliphatic heterocycles. The Kier molecular flexibility index (Phi) is 10.3. The number of rotatable bonds is 11. The smallest absolute Gasteiger partial charge is 0.308 e. The lowest BCUT2D eigenvalue weighted by atomic mass is 9.74.